The van der Waals surface area contributed by atoms with E-state index in [1.165, 1.54) is 11.1 Å². The van der Waals surface area contributed by atoms with Crippen molar-refractivity contribution in [1.82, 2.24) is 10.2 Å². The van der Waals surface area contributed by atoms with Gasteiger partial charge in [0.15, 0.2) is 0 Å². The molecule has 1 aromatic rings. The van der Waals surface area contributed by atoms with Gasteiger partial charge in [0.1, 0.15) is 18.0 Å². The van der Waals surface area contributed by atoms with Crippen molar-refractivity contribution in [1.29, 1.82) is 0 Å². The highest BCUT2D eigenvalue weighted by Gasteiger charge is 2.30. The average Bonchev–Trinajstić information content (AvgIpc) is 2.59. The number of carbonyl (C=O) groups excluding carboxylic acids is 1. The SMILES string of the molecule is Cc1ccc(OC2CCN(C(=O)[C@@H]3CNCCO3)CC2)cc1C. The number of aryl methyl sites for hydroxylation is 2. The third-order valence-corrected chi connectivity index (χ3v) is 4.74. The molecule has 2 saturated heterocycles. The van der Waals surface area contributed by atoms with Crippen LogP contribution in [0.25, 0.3) is 0 Å². The molecule has 0 aromatic heterocycles. The van der Waals surface area contributed by atoms with E-state index in [9.17, 15) is 4.79 Å². The molecule has 0 unspecified atom stereocenters. The van der Waals surface area contributed by atoms with E-state index in [0.29, 0.717) is 13.2 Å². The highest BCUT2D eigenvalue weighted by Crippen LogP contribution is 2.22. The van der Waals surface area contributed by atoms with Gasteiger partial charge in [0, 0.05) is 39.0 Å². The molecule has 1 amide bonds. The number of amides is 1. The number of hydrogen-bond donors (Lipinski definition) is 1. The van der Waals surface area contributed by atoms with Gasteiger partial charge in [-0.25, -0.2) is 0 Å². The molecule has 5 heteroatoms. The lowest BCUT2D eigenvalue weighted by molar-refractivity contribution is -0.147. The fourth-order valence-electron chi connectivity index (χ4n) is 3.10. The maximum Gasteiger partial charge on any atom is 0.253 e. The van der Waals surface area contributed by atoms with E-state index in [4.69, 9.17) is 9.47 Å². The Labute approximate surface area is 137 Å². The molecule has 2 fully saturated rings. The Morgan fingerprint density at radius 2 is 2.04 bits per heavy atom. The first-order valence-electron chi connectivity index (χ1n) is 8.48. The Balaban J connectivity index is 1.49. The number of ether oxygens (including phenoxy) is 2. The zero-order valence-electron chi connectivity index (χ0n) is 14.0. The van der Waals surface area contributed by atoms with Gasteiger partial charge in [-0.15, -0.1) is 0 Å². The average molecular weight is 318 g/mol. The van der Waals surface area contributed by atoms with Crippen molar-refractivity contribution in [2.24, 2.45) is 0 Å². The number of hydrogen-bond acceptors (Lipinski definition) is 4. The third-order valence-electron chi connectivity index (χ3n) is 4.74. The van der Waals surface area contributed by atoms with Crippen LogP contribution in [0.3, 0.4) is 0 Å². The second-order valence-corrected chi connectivity index (χ2v) is 6.45. The molecule has 126 valence electrons. The summed E-state index contributed by atoms with van der Waals surface area (Å²) in [4.78, 5) is 14.3. The van der Waals surface area contributed by atoms with Crippen molar-refractivity contribution in [3.05, 3.63) is 29.3 Å². The maximum absolute atomic E-state index is 12.4. The summed E-state index contributed by atoms with van der Waals surface area (Å²) in [6.45, 7) is 7.76. The summed E-state index contributed by atoms with van der Waals surface area (Å²) in [7, 11) is 0. The molecule has 23 heavy (non-hydrogen) atoms. The van der Waals surface area contributed by atoms with Crippen molar-refractivity contribution in [2.75, 3.05) is 32.8 Å². The Kier molecular flexibility index (Phi) is 5.18. The maximum atomic E-state index is 12.4. The Hall–Kier alpha value is -1.59. The van der Waals surface area contributed by atoms with Gasteiger partial charge in [0.05, 0.1) is 6.61 Å². The Morgan fingerprint density at radius 3 is 2.70 bits per heavy atom. The van der Waals surface area contributed by atoms with Gasteiger partial charge in [-0.3, -0.25) is 4.79 Å². The van der Waals surface area contributed by atoms with E-state index in [1.807, 2.05) is 11.0 Å². The summed E-state index contributed by atoms with van der Waals surface area (Å²) >= 11 is 0. The van der Waals surface area contributed by atoms with Crippen LogP contribution in [0.2, 0.25) is 0 Å². The minimum absolute atomic E-state index is 0.113. The van der Waals surface area contributed by atoms with Crippen LogP contribution in [-0.2, 0) is 9.53 Å². The van der Waals surface area contributed by atoms with Crippen LogP contribution in [-0.4, -0.2) is 55.8 Å². The number of likely N-dealkylation sites (tertiary alicyclic amines) is 1. The van der Waals surface area contributed by atoms with Gasteiger partial charge in [0.2, 0.25) is 0 Å². The lowest BCUT2D eigenvalue weighted by Crippen LogP contribution is -2.52. The summed E-state index contributed by atoms with van der Waals surface area (Å²) in [5.74, 6) is 1.04. The quantitative estimate of drug-likeness (QED) is 0.921. The molecule has 1 aromatic carbocycles. The molecule has 1 N–H and O–H groups in total. The number of carbonyl (C=O) groups is 1. The Morgan fingerprint density at radius 1 is 1.26 bits per heavy atom. The number of benzene rings is 1. The molecule has 0 saturated carbocycles. The third kappa shape index (κ3) is 4.03. The van der Waals surface area contributed by atoms with E-state index in [0.717, 1.165) is 38.2 Å². The van der Waals surface area contributed by atoms with E-state index in [2.05, 4.69) is 31.3 Å². The summed E-state index contributed by atoms with van der Waals surface area (Å²) in [6, 6.07) is 6.21. The van der Waals surface area contributed by atoms with Gasteiger partial charge in [-0.2, -0.15) is 0 Å². The molecule has 0 bridgehead atoms. The van der Waals surface area contributed by atoms with E-state index in [1.54, 1.807) is 0 Å². The standard InChI is InChI=1S/C18H26N2O3/c1-13-3-4-16(11-14(13)2)23-15-5-8-20(9-6-15)18(21)17-12-19-7-10-22-17/h3-4,11,15,17,19H,5-10,12H2,1-2H3/t17-/m0/s1. The summed E-state index contributed by atoms with van der Waals surface area (Å²) in [5, 5.41) is 3.21. The highest BCUT2D eigenvalue weighted by molar-refractivity contribution is 5.81. The molecule has 0 radical (unpaired) electrons. The zero-order chi connectivity index (χ0) is 16.2. The van der Waals surface area contributed by atoms with Crippen LogP contribution < -0.4 is 10.1 Å². The summed E-state index contributed by atoms with van der Waals surface area (Å²) < 4.78 is 11.6. The summed E-state index contributed by atoms with van der Waals surface area (Å²) in [6.07, 6.45) is 1.62. The predicted molar refractivity (Wildman–Crippen MR) is 88.8 cm³/mol. The van der Waals surface area contributed by atoms with E-state index < -0.39 is 0 Å². The molecular weight excluding hydrogens is 292 g/mol. The number of piperidine rings is 1. The monoisotopic (exact) mass is 318 g/mol. The van der Waals surface area contributed by atoms with Crippen molar-refractivity contribution >= 4 is 5.91 Å². The van der Waals surface area contributed by atoms with Crippen molar-refractivity contribution in [3.8, 4) is 5.75 Å². The van der Waals surface area contributed by atoms with Crippen molar-refractivity contribution < 1.29 is 14.3 Å². The number of rotatable bonds is 3. The smallest absolute Gasteiger partial charge is 0.253 e. The molecule has 2 aliphatic rings. The summed E-state index contributed by atoms with van der Waals surface area (Å²) in [5.41, 5.74) is 2.52. The predicted octanol–water partition coefficient (Wildman–Crippen LogP) is 1.66. The Bertz CT molecular complexity index is 547. The molecule has 2 heterocycles. The van der Waals surface area contributed by atoms with Gasteiger partial charge in [-0.1, -0.05) is 6.07 Å². The van der Waals surface area contributed by atoms with Crippen LogP contribution in [0.4, 0.5) is 0 Å². The van der Waals surface area contributed by atoms with Crippen LogP contribution in [0.5, 0.6) is 5.75 Å². The molecule has 5 nitrogen and oxygen atoms in total. The lowest BCUT2D eigenvalue weighted by Gasteiger charge is -2.35. The minimum Gasteiger partial charge on any atom is -0.490 e. The molecule has 2 aliphatic heterocycles. The van der Waals surface area contributed by atoms with Crippen LogP contribution >= 0.6 is 0 Å². The number of nitrogens with one attached hydrogen (secondary N) is 1. The van der Waals surface area contributed by atoms with Gasteiger partial charge >= 0.3 is 0 Å². The van der Waals surface area contributed by atoms with Crippen LogP contribution in [0.1, 0.15) is 24.0 Å². The van der Waals surface area contributed by atoms with Crippen LogP contribution in [0.15, 0.2) is 18.2 Å². The fourth-order valence-corrected chi connectivity index (χ4v) is 3.10. The first kappa shape index (κ1) is 16.3. The molecule has 1 atom stereocenters. The minimum atomic E-state index is -0.319. The normalized spacial score (nSPS) is 22.9. The van der Waals surface area contributed by atoms with Crippen molar-refractivity contribution in [3.63, 3.8) is 0 Å². The molecule has 0 spiro atoms. The topological polar surface area (TPSA) is 50.8 Å². The first-order chi connectivity index (χ1) is 11.1. The molecule has 0 aliphatic carbocycles. The second kappa shape index (κ2) is 7.32. The number of nitrogens with zero attached hydrogens (tertiary/aromatic N) is 1. The van der Waals surface area contributed by atoms with Gasteiger partial charge in [-0.05, 0) is 37.1 Å². The fraction of sp³-hybridized carbons (Fsp3) is 0.611. The zero-order valence-corrected chi connectivity index (χ0v) is 14.0. The highest BCUT2D eigenvalue weighted by atomic mass is 16.5. The van der Waals surface area contributed by atoms with E-state index >= 15 is 0 Å². The number of morpholine rings is 1. The largest absolute Gasteiger partial charge is 0.490 e. The lowest BCUT2D eigenvalue weighted by atomic mass is 10.1. The second-order valence-electron chi connectivity index (χ2n) is 6.45. The van der Waals surface area contributed by atoms with Gasteiger partial charge in [0.25, 0.3) is 5.91 Å². The first-order valence-corrected chi connectivity index (χ1v) is 8.48. The van der Waals surface area contributed by atoms with Crippen molar-refractivity contribution in [2.45, 2.75) is 38.9 Å². The van der Waals surface area contributed by atoms with Gasteiger partial charge < -0.3 is 19.7 Å². The van der Waals surface area contributed by atoms with Crippen LogP contribution in [0, 0.1) is 13.8 Å². The molecular formula is C18H26N2O3. The molecule has 3 rings (SSSR count). The van der Waals surface area contributed by atoms with E-state index in [-0.39, 0.29) is 18.1 Å².